The van der Waals surface area contributed by atoms with Crippen molar-refractivity contribution in [3.63, 3.8) is 0 Å². The monoisotopic (exact) mass is 1420 g/mol. The van der Waals surface area contributed by atoms with Crippen LogP contribution in [-0.4, -0.2) is 221 Å². The summed E-state index contributed by atoms with van der Waals surface area (Å²) in [5.74, 6) is -23.0. The molecule has 1 heterocycles. The quantitative estimate of drug-likeness (QED) is 0.0334. The summed E-state index contributed by atoms with van der Waals surface area (Å²) in [5.41, 5.74) is 11.8. The Hall–Kier alpha value is -10.7. The van der Waals surface area contributed by atoms with Crippen LogP contribution in [0.5, 0.6) is 0 Å². The number of unbranched alkanes of at least 4 members (excludes halogenated alkanes) is 1. The Morgan fingerprint density at radius 2 is 0.970 bits per heavy atom. The Kier molecular flexibility index (Phi) is 36.0. The maximum atomic E-state index is 15.0. The van der Waals surface area contributed by atoms with Crippen LogP contribution in [-0.2, 0) is 94.5 Å². The first-order valence-corrected chi connectivity index (χ1v) is 32.8. The summed E-state index contributed by atoms with van der Waals surface area (Å²) in [4.78, 5) is 230. The molecule has 2 aromatic rings. The first-order chi connectivity index (χ1) is 47.8. The second kappa shape index (κ2) is 43.0. The molecule has 0 radical (unpaired) electrons. The minimum absolute atomic E-state index is 0.0438. The van der Waals surface area contributed by atoms with E-state index < -0.39 is 238 Å². The number of carbonyl (C=O) groups excluding carboxylic acids is 11. The van der Waals surface area contributed by atoms with Crippen molar-refractivity contribution in [1.82, 2.24) is 52.3 Å². The standard InChI is InChI=1S/C65H92N12O24/c1-5-35(3)53(75-56(90)40(23-26-49(81)82)69-55(89)39(22-25-48(79)80)70-57(91)43(30-37-16-9-7-10-17-37)73-58(92)44(31-51(85)86)68-47(78)33-67)63(97)76-29-15-21-46(76)60(94)74-45(32-52(87)88)59(93)71-41(24-27-50(83)84)62(96)77(65(100)101-34-38-18-11-8-12-19-38)54(36(4)6-2)61(95)72-42(64(98)99)20-13-14-28-66/h7-12,16-19,35-36,39-46,53-54H,5-6,13-15,20-34,66-67H2,1-4H3,(H,68,78)(H,69,89)(H,70,91)(H,71,93)(H,72,95)(H,73,92)(H,74,94)(H,75,90)(H,79,80)(H,81,82)(H,83,84)(H,85,86)(H,87,88)(H,98,99)/t35-,36-,39-,40-,41-,42-,43-,44-,45-,46-,53-,54-/m0/s1. The first kappa shape index (κ1) is 84.6. The number of ether oxygens (including phenoxy) is 1. The number of nitrogens with two attached hydrogens (primary N) is 2. The lowest BCUT2D eigenvalue weighted by molar-refractivity contribution is -0.147. The topological polar surface area (TPSA) is 576 Å². The fraction of sp³-hybridized carbons (Fsp3) is 0.554. The van der Waals surface area contributed by atoms with Gasteiger partial charge in [-0.25, -0.2) is 14.5 Å². The largest absolute Gasteiger partial charge is 0.481 e. The molecule has 1 aliphatic heterocycles. The number of likely N-dealkylation sites (tertiary alicyclic amines) is 1. The van der Waals surface area contributed by atoms with Gasteiger partial charge in [0.1, 0.15) is 67.0 Å². The van der Waals surface area contributed by atoms with Crippen molar-refractivity contribution >= 4 is 101 Å². The minimum Gasteiger partial charge on any atom is -0.481 e. The molecule has 1 saturated heterocycles. The molecule has 12 atom stereocenters. The van der Waals surface area contributed by atoms with Gasteiger partial charge in [0, 0.05) is 32.2 Å². The van der Waals surface area contributed by atoms with Crippen molar-refractivity contribution in [3.8, 4) is 0 Å². The molecule has 0 bridgehead atoms. The molecule has 556 valence electrons. The first-order valence-electron chi connectivity index (χ1n) is 32.8. The second-order valence-electron chi connectivity index (χ2n) is 24.1. The highest BCUT2D eigenvalue weighted by molar-refractivity contribution is 6.04. The van der Waals surface area contributed by atoms with Gasteiger partial charge in [-0.3, -0.25) is 71.9 Å². The SMILES string of the molecule is CC[C@H](C)[C@H](NC(=O)[C@H](CCC(=O)O)NC(=O)[C@H](CCC(=O)O)NC(=O)[C@H](Cc1ccccc1)NC(=O)[C@H](CC(=O)O)NC(=O)CN)C(=O)N1CCC[C@H]1C(=O)N[C@@H](CC(=O)O)C(=O)N[C@@H](CCC(=O)O)C(=O)N(C(=O)OCc1ccccc1)[C@H](C(=O)N[C@@H](CCCCN)C(=O)O)[C@@H](C)CC. The maximum absolute atomic E-state index is 15.0. The van der Waals surface area contributed by atoms with Crippen LogP contribution in [0.15, 0.2) is 60.7 Å². The number of carboxylic acids is 6. The highest BCUT2D eigenvalue weighted by Crippen LogP contribution is 2.24. The molecule has 101 heavy (non-hydrogen) atoms. The molecule has 36 nitrogen and oxygen atoms in total. The molecule has 1 aliphatic rings. The summed E-state index contributed by atoms with van der Waals surface area (Å²) < 4.78 is 5.52. The molecular weight excluding hydrogens is 1330 g/mol. The lowest BCUT2D eigenvalue weighted by Gasteiger charge is -2.35. The zero-order chi connectivity index (χ0) is 75.6. The molecule has 2 aromatic carbocycles. The summed E-state index contributed by atoms with van der Waals surface area (Å²) >= 11 is 0. The Morgan fingerprint density at radius 3 is 1.46 bits per heavy atom. The van der Waals surface area contributed by atoms with Crippen LogP contribution < -0.4 is 54.0 Å². The summed E-state index contributed by atoms with van der Waals surface area (Å²) in [5, 5.41) is 77.4. The Labute approximate surface area is 580 Å². The number of imide groups is 1. The average Bonchev–Trinajstić information content (AvgIpc) is 1.77. The van der Waals surface area contributed by atoms with E-state index in [4.69, 9.17) is 16.2 Å². The normalized spacial score (nSPS) is 15.7. The highest BCUT2D eigenvalue weighted by Gasteiger charge is 2.46. The summed E-state index contributed by atoms with van der Waals surface area (Å²) in [6.07, 6.45) is -8.23. The van der Waals surface area contributed by atoms with Gasteiger partial charge in [0.25, 0.3) is 5.91 Å². The number of nitrogens with zero attached hydrogens (tertiary/aromatic N) is 2. The predicted molar refractivity (Wildman–Crippen MR) is 351 cm³/mol. The van der Waals surface area contributed by atoms with Crippen molar-refractivity contribution < 1.29 is 117 Å². The number of hydrogen-bond acceptors (Lipinski definition) is 20. The zero-order valence-electron chi connectivity index (χ0n) is 56.4. The fourth-order valence-electron chi connectivity index (χ4n) is 10.6. The lowest BCUT2D eigenvalue weighted by atomic mass is 9.95. The van der Waals surface area contributed by atoms with E-state index in [1.807, 2.05) is 0 Å². The average molecular weight is 1430 g/mol. The van der Waals surface area contributed by atoms with Crippen LogP contribution in [0, 0.1) is 11.8 Å². The molecule has 0 aromatic heterocycles. The van der Waals surface area contributed by atoms with Gasteiger partial charge in [-0.15, -0.1) is 0 Å². The third-order valence-electron chi connectivity index (χ3n) is 16.5. The zero-order valence-corrected chi connectivity index (χ0v) is 56.4. The Bertz CT molecular complexity index is 3250. The van der Waals surface area contributed by atoms with Crippen molar-refractivity contribution in [2.75, 3.05) is 19.6 Å². The van der Waals surface area contributed by atoms with Gasteiger partial charge in [-0.05, 0) is 80.9 Å². The van der Waals surface area contributed by atoms with Gasteiger partial charge in [0.2, 0.25) is 53.2 Å². The van der Waals surface area contributed by atoms with E-state index in [0.29, 0.717) is 22.4 Å². The van der Waals surface area contributed by atoms with Gasteiger partial charge in [0.15, 0.2) is 0 Å². The number of benzene rings is 2. The van der Waals surface area contributed by atoms with Gasteiger partial charge in [-0.2, -0.15) is 0 Å². The minimum atomic E-state index is -2.15. The van der Waals surface area contributed by atoms with E-state index in [9.17, 15) is 107 Å². The van der Waals surface area contributed by atoms with Crippen molar-refractivity contribution in [2.24, 2.45) is 23.3 Å². The van der Waals surface area contributed by atoms with Gasteiger partial charge in [0.05, 0.1) is 19.4 Å². The maximum Gasteiger partial charge on any atom is 0.417 e. The molecule has 0 spiro atoms. The van der Waals surface area contributed by atoms with Crippen LogP contribution in [0.2, 0.25) is 0 Å². The Morgan fingerprint density at radius 1 is 0.515 bits per heavy atom. The van der Waals surface area contributed by atoms with E-state index in [-0.39, 0.29) is 58.0 Å². The molecule has 0 aliphatic carbocycles. The Balaban J connectivity index is 2.03. The number of hydrogen-bond donors (Lipinski definition) is 16. The number of amides is 11. The van der Waals surface area contributed by atoms with Crippen molar-refractivity contribution in [3.05, 3.63) is 71.8 Å². The van der Waals surface area contributed by atoms with Crippen molar-refractivity contribution in [2.45, 2.75) is 197 Å². The van der Waals surface area contributed by atoms with E-state index in [1.165, 1.54) is 13.8 Å². The third kappa shape index (κ3) is 28.6. The van der Waals surface area contributed by atoms with E-state index in [1.54, 1.807) is 74.5 Å². The molecule has 1 fully saturated rings. The van der Waals surface area contributed by atoms with Gasteiger partial charge in [-0.1, -0.05) is 101 Å². The number of rotatable bonds is 45. The molecule has 36 heteroatoms. The van der Waals surface area contributed by atoms with Crippen LogP contribution in [0.3, 0.4) is 0 Å². The molecule has 11 amide bonds. The fourth-order valence-corrected chi connectivity index (χ4v) is 10.6. The van der Waals surface area contributed by atoms with Gasteiger partial charge < -0.3 is 94.3 Å². The van der Waals surface area contributed by atoms with E-state index in [2.05, 4.69) is 42.5 Å². The number of carbonyl (C=O) groups is 17. The molecular formula is C65H92N12O24. The van der Waals surface area contributed by atoms with E-state index >= 15 is 4.79 Å². The smallest absolute Gasteiger partial charge is 0.417 e. The van der Waals surface area contributed by atoms with Crippen LogP contribution in [0.25, 0.3) is 0 Å². The van der Waals surface area contributed by atoms with Gasteiger partial charge >= 0.3 is 41.9 Å². The van der Waals surface area contributed by atoms with Crippen LogP contribution in [0.4, 0.5) is 4.79 Å². The third-order valence-corrected chi connectivity index (χ3v) is 16.5. The summed E-state index contributed by atoms with van der Waals surface area (Å²) in [6.45, 7) is 4.95. The van der Waals surface area contributed by atoms with Crippen LogP contribution >= 0.6 is 0 Å². The number of aliphatic carboxylic acids is 6. The summed E-state index contributed by atoms with van der Waals surface area (Å²) in [6, 6.07) is -2.26. The predicted octanol–water partition coefficient (Wildman–Crippen LogP) is -1.56. The number of nitrogens with one attached hydrogen (secondary N) is 8. The molecule has 3 rings (SSSR count). The highest BCUT2D eigenvalue weighted by atomic mass is 16.6. The molecule has 0 unspecified atom stereocenters. The number of carboxylic acid groups (broad SMARTS) is 6. The lowest BCUT2D eigenvalue weighted by Crippen LogP contribution is -2.63. The molecule has 0 saturated carbocycles. The van der Waals surface area contributed by atoms with Crippen LogP contribution in [0.1, 0.15) is 135 Å². The van der Waals surface area contributed by atoms with E-state index in [0.717, 1.165) is 4.90 Å². The second-order valence-corrected chi connectivity index (χ2v) is 24.1. The molecule has 18 N–H and O–H groups in total. The summed E-state index contributed by atoms with van der Waals surface area (Å²) in [7, 11) is 0. The van der Waals surface area contributed by atoms with Crippen molar-refractivity contribution in [1.29, 1.82) is 0 Å².